The second kappa shape index (κ2) is 16.5. The average Bonchev–Trinajstić information content (AvgIpc) is 2.76. The lowest BCUT2D eigenvalue weighted by Gasteiger charge is -2.23. The van der Waals surface area contributed by atoms with Crippen LogP contribution in [0.2, 0.25) is 0 Å². The first-order chi connectivity index (χ1) is 16.1. The minimum atomic E-state index is -1.22. The number of thioether (sulfide) groups is 1. The van der Waals surface area contributed by atoms with E-state index in [-0.39, 0.29) is 24.1 Å². The summed E-state index contributed by atoms with van der Waals surface area (Å²) in [4.78, 5) is 60.9. The second-order valence-corrected chi connectivity index (χ2v) is 9.75. The Morgan fingerprint density at radius 2 is 1.56 bits per heavy atom. The number of hydrogen-bond donors (Lipinski definition) is 0. The van der Waals surface area contributed by atoms with E-state index in [1.54, 1.807) is 0 Å². The molecule has 1 aliphatic heterocycles. The van der Waals surface area contributed by atoms with Crippen molar-refractivity contribution in [2.45, 2.75) is 109 Å². The molecule has 34 heavy (non-hydrogen) atoms. The highest BCUT2D eigenvalue weighted by molar-refractivity contribution is 8.00. The van der Waals surface area contributed by atoms with E-state index in [2.05, 4.69) is 4.74 Å². The third-order valence-corrected chi connectivity index (χ3v) is 6.69. The minimum Gasteiger partial charge on any atom is -0.466 e. The van der Waals surface area contributed by atoms with Gasteiger partial charge in [0, 0.05) is 26.0 Å². The summed E-state index contributed by atoms with van der Waals surface area (Å²) < 4.78 is 20.5. The lowest BCUT2D eigenvalue weighted by molar-refractivity contribution is -0.162. The Kier molecular flexibility index (Phi) is 14.5. The zero-order chi connectivity index (χ0) is 25.5. The van der Waals surface area contributed by atoms with Crippen LogP contribution in [0, 0.1) is 0 Å². The molecule has 0 radical (unpaired) electrons. The lowest BCUT2D eigenvalue weighted by Crippen LogP contribution is -2.35. The quantitative estimate of drug-likeness (QED) is 0.394. The van der Waals surface area contributed by atoms with E-state index >= 15 is 0 Å². The van der Waals surface area contributed by atoms with Gasteiger partial charge in [0.05, 0.1) is 13.2 Å². The first kappa shape index (κ1) is 29.9. The van der Waals surface area contributed by atoms with E-state index in [1.807, 2.05) is 6.92 Å². The smallest absolute Gasteiger partial charge is 0.348 e. The van der Waals surface area contributed by atoms with E-state index in [1.165, 1.54) is 14.0 Å². The maximum absolute atomic E-state index is 13.0. The van der Waals surface area contributed by atoms with Crippen LogP contribution in [-0.4, -0.2) is 66.1 Å². The highest BCUT2D eigenvalue weighted by Gasteiger charge is 2.33. The molecule has 9 nitrogen and oxygen atoms in total. The normalized spacial score (nSPS) is 24.4. The monoisotopic (exact) mass is 502 g/mol. The van der Waals surface area contributed by atoms with Gasteiger partial charge in [0.2, 0.25) is 6.10 Å². The summed E-state index contributed by atoms with van der Waals surface area (Å²) in [6.07, 6.45) is 5.29. The highest BCUT2D eigenvalue weighted by atomic mass is 32.2. The number of hydrogen-bond acceptors (Lipinski definition) is 10. The molecule has 4 atom stereocenters. The molecule has 0 aliphatic carbocycles. The summed E-state index contributed by atoms with van der Waals surface area (Å²) in [5.41, 5.74) is 0. The Hall–Kier alpha value is -2.10. The standard InChI is InChI=1S/C24H38O9S/c1-16-12-10-8-6-5-7-9-11-13-20(32-17(2)25)19(27)14-22(24(29)31-16)34-15-21(23(28)30-4)33-18(3)26/h16,20-22H,5-15H2,1-4H3/t16-,20+,21-,22-/m1/s1. The van der Waals surface area contributed by atoms with Crippen LogP contribution in [0.4, 0.5) is 0 Å². The van der Waals surface area contributed by atoms with Crippen molar-refractivity contribution in [1.82, 2.24) is 0 Å². The molecule has 194 valence electrons. The predicted molar refractivity (Wildman–Crippen MR) is 126 cm³/mol. The van der Waals surface area contributed by atoms with Crippen molar-refractivity contribution in [2.24, 2.45) is 0 Å². The fraction of sp³-hybridized carbons (Fsp3) is 0.792. The van der Waals surface area contributed by atoms with Gasteiger partial charge in [-0.15, -0.1) is 11.8 Å². The molecule has 0 saturated carbocycles. The zero-order valence-corrected chi connectivity index (χ0v) is 21.5. The number of methoxy groups -OCH3 is 1. The topological polar surface area (TPSA) is 122 Å². The number of ether oxygens (including phenoxy) is 4. The van der Waals surface area contributed by atoms with Crippen LogP contribution in [0.5, 0.6) is 0 Å². The Morgan fingerprint density at radius 1 is 0.971 bits per heavy atom. The molecule has 1 fully saturated rings. The van der Waals surface area contributed by atoms with Gasteiger partial charge in [-0.2, -0.15) is 0 Å². The van der Waals surface area contributed by atoms with E-state index in [9.17, 15) is 24.0 Å². The first-order valence-corrected chi connectivity index (χ1v) is 13.0. The van der Waals surface area contributed by atoms with Crippen LogP contribution >= 0.6 is 11.8 Å². The molecule has 0 bridgehead atoms. The third kappa shape index (κ3) is 12.4. The summed E-state index contributed by atoms with van der Waals surface area (Å²) in [5.74, 6) is -3.06. The van der Waals surface area contributed by atoms with E-state index in [4.69, 9.17) is 14.2 Å². The SMILES string of the molecule is COC(=O)[C@@H](CS[C@@H]1CC(=O)[C@@H](OC(C)=O)CCCCCCCCC[C@@H](C)OC1=O)OC(C)=O. The molecule has 0 amide bonds. The van der Waals surface area contributed by atoms with Crippen molar-refractivity contribution in [1.29, 1.82) is 0 Å². The molecule has 0 aromatic heterocycles. The number of esters is 4. The fourth-order valence-corrected chi connectivity index (χ4v) is 4.76. The lowest BCUT2D eigenvalue weighted by atomic mass is 10.0. The van der Waals surface area contributed by atoms with Crippen LogP contribution in [0.1, 0.15) is 85.0 Å². The van der Waals surface area contributed by atoms with Crippen LogP contribution < -0.4 is 0 Å². The predicted octanol–water partition coefficient (Wildman–Crippen LogP) is 3.54. The van der Waals surface area contributed by atoms with E-state index in [0.717, 1.165) is 63.6 Å². The van der Waals surface area contributed by atoms with Crippen molar-refractivity contribution < 1.29 is 42.9 Å². The molecule has 0 spiro atoms. The number of Topliss-reactive ketones (excluding diaryl/α,β-unsaturated/α-hetero) is 1. The van der Waals surface area contributed by atoms with E-state index in [0.29, 0.717) is 12.8 Å². The fourth-order valence-electron chi connectivity index (χ4n) is 3.67. The minimum absolute atomic E-state index is 0.0914. The van der Waals surface area contributed by atoms with Crippen LogP contribution in [-0.2, 0) is 42.9 Å². The van der Waals surface area contributed by atoms with Crippen LogP contribution in [0.3, 0.4) is 0 Å². The number of carbonyl (C=O) groups is 5. The maximum Gasteiger partial charge on any atom is 0.348 e. The summed E-state index contributed by atoms with van der Waals surface area (Å²) in [5, 5.41) is -0.955. The molecular weight excluding hydrogens is 464 g/mol. The molecule has 0 aromatic carbocycles. The summed E-state index contributed by atoms with van der Waals surface area (Å²) >= 11 is 0.979. The molecule has 10 heteroatoms. The summed E-state index contributed by atoms with van der Waals surface area (Å²) in [7, 11) is 1.17. The summed E-state index contributed by atoms with van der Waals surface area (Å²) in [6, 6.07) is 0. The Labute approximate surface area is 206 Å². The summed E-state index contributed by atoms with van der Waals surface area (Å²) in [6.45, 7) is 4.22. The molecule has 0 unspecified atom stereocenters. The molecular formula is C24H38O9S. The number of ketones is 1. The molecule has 1 saturated heterocycles. The maximum atomic E-state index is 13.0. The first-order valence-electron chi connectivity index (χ1n) is 11.9. The van der Waals surface area contributed by atoms with Gasteiger partial charge >= 0.3 is 23.9 Å². The molecule has 1 rings (SSSR count). The van der Waals surface area contributed by atoms with Crippen molar-refractivity contribution in [3.8, 4) is 0 Å². The number of cyclic esters (lactones) is 1. The van der Waals surface area contributed by atoms with Gasteiger partial charge in [-0.25, -0.2) is 4.79 Å². The van der Waals surface area contributed by atoms with Gasteiger partial charge in [-0.05, 0) is 32.6 Å². The molecule has 1 heterocycles. The number of carbonyl (C=O) groups excluding carboxylic acids is 5. The Morgan fingerprint density at radius 3 is 2.12 bits per heavy atom. The average molecular weight is 503 g/mol. The third-order valence-electron chi connectivity index (χ3n) is 5.43. The Balaban J connectivity index is 3.02. The van der Waals surface area contributed by atoms with Crippen LogP contribution in [0.25, 0.3) is 0 Å². The Bertz CT molecular complexity index is 694. The van der Waals surface area contributed by atoms with E-state index < -0.39 is 41.3 Å². The zero-order valence-electron chi connectivity index (χ0n) is 20.7. The van der Waals surface area contributed by atoms with Crippen molar-refractivity contribution in [2.75, 3.05) is 12.9 Å². The molecule has 0 N–H and O–H groups in total. The van der Waals surface area contributed by atoms with Gasteiger partial charge in [0.25, 0.3) is 0 Å². The highest BCUT2D eigenvalue weighted by Crippen LogP contribution is 2.24. The van der Waals surface area contributed by atoms with Gasteiger partial charge in [-0.3, -0.25) is 19.2 Å². The molecule has 0 aromatic rings. The van der Waals surface area contributed by atoms with Crippen molar-refractivity contribution in [3.63, 3.8) is 0 Å². The second-order valence-electron chi connectivity index (χ2n) is 8.51. The molecule has 1 aliphatic rings. The number of rotatable bonds is 6. The van der Waals surface area contributed by atoms with Gasteiger partial charge in [0.15, 0.2) is 11.9 Å². The van der Waals surface area contributed by atoms with Crippen LogP contribution in [0.15, 0.2) is 0 Å². The van der Waals surface area contributed by atoms with Crippen molar-refractivity contribution >= 4 is 41.4 Å². The largest absolute Gasteiger partial charge is 0.466 e. The van der Waals surface area contributed by atoms with Crippen molar-refractivity contribution in [3.05, 3.63) is 0 Å². The van der Waals surface area contributed by atoms with Gasteiger partial charge in [0.1, 0.15) is 5.25 Å². The van der Waals surface area contributed by atoms with Gasteiger partial charge in [-0.1, -0.05) is 32.1 Å². The van der Waals surface area contributed by atoms with Gasteiger partial charge < -0.3 is 18.9 Å².